The number of hydrogen-bond acceptors (Lipinski definition) is 3. The maximum Gasteiger partial charge on any atom is 0.255 e. The fourth-order valence-electron chi connectivity index (χ4n) is 2.91. The summed E-state index contributed by atoms with van der Waals surface area (Å²) in [6.07, 6.45) is 0. The van der Waals surface area contributed by atoms with Crippen LogP contribution in [0.4, 0.5) is 11.4 Å². The van der Waals surface area contributed by atoms with Gasteiger partial charge in [0.15, 0.2) is 0 Å². The van der Waals surface area contributed by atoms with Crippen molar-refractivity contribution in [2.24, 2.45) is 0 Å². The second-order valence-corrected chi connectivity index (χ2v) is 8.02. The number of hydrogen-bond donors (Lipinski definition) is 2. The summed E-state index contributed by atoms with van der Waals surface area (Å²) in [4.78, 5) is 25.0. The molecule has 2 amide bonds. The molecular weight excluding hydrogens is 456 g/mol. The van der Waals surface area contributed by atoms with Gasteiger partial charge >= 0.3 is 0 Å². The second kappa shape index (κ2) is 8.80. The van der Waals surface area contributed by atoms with E-state index in [1.165, 1.54) is 0 Å². The topological polar surface area (TPSA) is 76.0 Å². The van der Waals surface area contributed by atoms with Crippen LogP contribution in [0.15, 0.2) is 53.0 Å². The van der Waals surface area contributed by atoms with Crippen LogP contribution in [0.25, 0.3) is 0 Å². The standard InChI is InChI=1S/C21H20BrClN4O2/c1-12-9-13(2)27(26-12)14(3)20(28)25-19-8-7-17(11-18(19)23)24-21(29)15-5-4-6-16(22)10-15/h4-11,14H,1-3H3,(H,24,29)(H,25,28)/t14-/m1/s1. The molecule has 2 N–H and O–H groups in total. The van der Waals surface area contributed by atoms with E-state index in [4.69, 9.17) is 11.6 Å². The van der Waals surface area contributed by atoms with Crippen LogP contribution < -0.4 is 10.6 Å². The fourth-order valence-corrected chi connectivity index (χ4v) is 3.54. The van der Waals surface area contributed by atoms with Gasteiger partial charge in [-0.05, 0) is 63.2 Å². The van der Waals surface area contributed by atoms with Crippen molar-refractivity contribution in [3.05, 3.63) is 75.0 Å². The van der Waals surface area contributed by atoms with Crippen molar-refractivity contribution in [3.63, 3.8) is 0 Å². The summed E-state index contributed by atoms with van der Waals surface area (Å²) >= 11 is 9.66. The molecule has 0 saturated carbocycles. The number of benzene rings is 2. The smallest absolute Gasteiger partial charge is 0.255 e. The summed E-state index contributed by atoms with van der Waals surface area (Å²) in [7, 11) is 0. The number of rotatable bonds is 5. The Balaban J connectivity index is 1.70. The zero-order valence-electron chi connectivity index (χ0n) is 16.2. The van der Waals surface area contributed by atoms with Crippen LogP contribution in [0.1, 0.15) is 34.7 Å². The number of aryl methyl sites for hydroxylation is 2. The minimum absolute atomic E-state index is 0.232. The Morgan fingerprint density at radius 3 is 2.48 bits per heavy atom. The van der Waals surface area contributed by atoms with E-state index in [0.29, 0.717) is 22.0 Å². The molecule has 0 fully saturated rings. The molecule has 1 atom stereocenters. The molecule has 1 aromatic heterocycles. The van der Waals surface area contributed by atoms with E-state index in [2.05, 4.69) is 31.7 Å². The molecule has 8 heteroatoms. The molecule has 0 aliphatic heterocycles. The van der Waals surface area contributed by atoms with Crippen LogP contribution in [0, 0.1) is 13.8 Å². The number of aromatic nitrogens is 2. The third-order valence-corrected chi connectivity index (χ3v) is 5.17. The van der Waals surface area contributed by atoms with Crippen molar-refractivity contribution < 1.29 is 9.59 Å². The van der Waals surface area contributed by atoms with Crippen molar-refractivity contribution in [1.82, 2.24) is 9.78 Å². The molecule has 1 heterocycles. The lowest BCUT2D eigenvalue weighted by Crippen LogP contribution is -2.25. The predicted octanol–water partition coefficient (Wildman–Crippen LogP) is 5.37. The number of carbonyl (C=O) groups is 2. The predicted molar refractivity (Wildman–Crippen MR) is 119 cm³/mol. The van der Waals surface area contributed by atoms with E-state index < -0.39 is 6.04 Å². The van der Waals surface area contributed by atoms with Crippen molar-refractivity contribution in [2.75, 3.05) is 10.6 Å². The number of amides is 2. The van der Waals surface area contributed by atoms with Gasteiger partial charge in [0.2, 0.25) is 5.91 Å². The number of halogens is 2. The molecule has 3 aromatic rings. The SMILES string of the molecule is Cc1cc(C)n([C@H](C)C(=O)Nc2ccc(NC(=O)c3cccc(Br)c3)cc2Cl)n1. The highest BCUT2D eigenvalue weighted by Crippen LogP contribution is 2.27. The molecule has 0 aliphatic rings. The normalized spacial score (nSPS) is 11.8. The van der Waals surface area contributed by atoms with Crippen molar-refractivity contribution in [3.8, 4) is 0 Å². The number of nitrogens with one attached hydrogen (secondary N) is 2. The highest BCUT2D eigenvalue weighted by Gasteiger charge is 2.19. The van der Waals surface area contributed by atoms with Crippen LogP contribution in [0.3, 0.4) is 0 Å². The highest BCUT2D eigenvalue weighted by molar-refractivity contribution is 9.10. The van der Waals surface area contributed by atoms with Gasteiger partial charge in [-0.1, -0.05) is 33.6 Å². The Labute approximate surface area is 182 Å². The first-order valence-electron chi connectivity index (χ1n) is 8.94. The Morgan fingerprint density at radius 2 is 1.86 bits per heavy atom. The van der Waals surface area contributed by atoms with Gasteiger partial charge in [-0.2, -0.15) is 5.10 Å². The molecular formula is C21H20BrClN4O2. The first kappa shape index (κ1) is 21.1. The lowest BCUT2D eigenvalue weighted by atomic mass is 10.2. The van der Waals surface area contributed by atoms with Crippen molar-refractivity contribution >= 4 is 50.7 Å². The molecule has 150 valence electrons. The molecule has 3 rings (SSSR count). The Bertz CT molecular complexity index is 1080. The molecule has 0 aliphatic carbocycles. The monoisotopic (exact) mass is 474 g/mol. The summed E-state index contributed by atoms with van der Waals surface area (Å²) in [5.41, 5.74) is 3.27. The molecule has 0 saturated heterocycles. The van der Waals surface area contributed by atoms with Crippen LogP contribution in [-0.4, -0.2) is 21.6 Å². The van der Waals surface area contributed by atoms with Gasteiger partial charge in [-0.25, -0.2) is 0 Å². The minimum Gasteiger partial charge on any atom is -0.323 e. The van der Waals surface area contributed by atoms with Gasteiger partial charge in [0, 0.05) is 21.4 Å². The van der Waals surface area contributed by atoms with E-state index in [1.54, 1.807) is 48.0 Å². The summed E-state index contributed by atoms with van der Waals surface area (Å²) in [5.74, 6) is -0.485. The number of carbonyl (C=O) groups excluding carboxylic acids is 2. The zero-order chi connectivity index (χ0) is 21.1. The number of nitrogens with zero attached hydrogens (tertiary/aromatic N) is 2. The molecule has 0 bridgehead atoms. The van der Waals surface area contributed by atoms with E-state index >= 15 is 0 Å². The van der Waals surface area contributed by atoms with Crippen molar-refractivity contribution in [2.45, 2.75) is 26.8 Å². The number of anilines is 2. The third-order valence-electron chi connectivity index (χ3n) is 4.36. The third kappa shape index (κ3) is 5.05. The van der Waals surface area contributed by atoms with Crippen LogP contribution in [0.5, 0.6) is 0 Å². The van der Waals surface area contributed by atoms with Crippen molar-refractivity contribution in [1.29, 1.82) is 0 Å². The fraction of sp³-hybridized carbons (Fsp3) is 0.190. The van der Waals surface area contributed by atoms with Gasteiger partial charge in [0.25, 0.3) is 5.91 Å². The molecule has 0 spiro atoms. The first-order valence-corrected chi connectivity index (χ1v) is 10.1. The van der Waals surface area contributed by atoms with Gasteiger partial charge in [0.05, 0.1) is 16.4 Å². The summed E-state index contributed by atoms with van der Waals surface area (Å²) in [6.45, 7) is 5.56. The van der Waals surface area contributed by atoms with E-state index in [1.807, 2.05) is 26.0 Å². The molecule has 0 unspecified atom stereocenters. The van der Waals surface area contributed by atoms with Gasteiger partial charge in [-0.3, -0.25) is 14.3 Å². The van der Waals surface area contributed by atoms with Crippen LogP contribution >= 0.6 is 27.5 Å². The first-order chi connectivity index (χ1) is 13.7. The quantitative estimate of drug-likeness (QED) is 0.521. The molecule has 2 aromatic carbocycles. The van der Waals surface area contributed by atoms with Crippen LogP contribution in [0.2, 0.25) is 5.02 Å². The van der Waals surface area contributed by atoms with E-state index in [9.17, 15) is 9.59 Å². The second-order valence-electron chi connectivity index (χ2n) is 6.70. The highest BCUT2D eigenvalue weighted by atomic mass is 79.9. The minimum atomic E-state index is -0.490. The average Bonchev–Trinajstić information content (AvgIpc) is 3.01. The Hall–Kier alpha value is -2.64. The van der Waals surface area contributed by atoms with E-state index in [0.717, 1.165) is 15.9 Å². The molecule has 0 radical (unpaired) electrons. The molecule has 6 nitrogen and oxygen atoms in total. The van der Waals surface area contributed by atoms with Gasteiger partial charge < -0.3 is 10.6 Å². The maximum atomic E-state index is 12.6. The summed E-state index contributed by atoms with van der Waals surface area (Å²) in [5, 5.41) is 10.3. The Morgan fingerprint density at radius 1 is 1.10 bits per heavy atom. The maximum absolute atomic E-state index is 12.6. The van der Waals surface area contributed by atoms with E-state index in [-0.39, 0.29) is 11.8 Å². The lowest BCUT2D eigenvalue weighted by molar-refractivity contribution is -0.119. The summed E-state index contributed by atoms with van der Waals surface area (Å²) in [6, 6.07) is 13.4. The summed E-state index contributed by atoms with van der Waals surface area (Å²) < 4.78 is 2.49. The average molecular weight is 476 g/mol. The van der Waals surface area contributed by atoms with Gasteiger partial charge in [-0.15, -0.1) is 0 Å². The van der Waals surface area contributed by atoms with Crippen LogP contribution in [-0.2, 0) is 4.79 Å². The zero-order valence-corrected chi connectivity index (χ0v) is 18.5. The van der Waals surface area contributed by atoms with Gasteiger partial charge in [0.1, 0.15) is 6.04 Å². The molecule has 29 heavy (non-hydrogen) atoms. The largest absolute Gasteiger partial charge is 0.323 e. The Kier molecular flexibility index (Phi) is 6.39. The lowest BCUT2D eigenvalue weighted by Gasteiger charge is -2.16.